The number of ether oxygens (including phenoxy) is 1. The number of methoxy groups -OCH3 is 1. The second-order valence-electron chi connectivity index (χ2n) is 4.97. The molecule has 0 bridgehead atoms. The van der Waals surface area contributed by atoms with Crippen LogP contribution in [0.3, 0.4) is 0 Å². The molecule has 1 fully saturated rings. The number of guanidine groups is 1. The van der Waals surface area contributed by atoms with E-state index in [1.165, 1.54) is 25.9 Å². The molecule has 5 heteroatoms. The van der Waals surface area contributed by atoms with Gasteiger partial charge in [-0.3, -0.25) is 4.99 Å². The van der Waals surface area contributed by atoms with E-state index in [1.807, 2.05) is 6.92 Å². The maximum atomic E-state index is 5.82. The zero-order valence-corrected chi connectivity index (χ0v) is 11.3. The number of rotatable bonds is 5. The van der Waals surface area contributed by atoms with Crippen molar-refractivity contribution in [2.45, 2.75) is 25.8 Å². The molecule has 0 aromatic heterocycles. The smallest absolute Gasteiger partial charge is 0.188 e. The Kier molecular flexibility index (Phi) is 6.29. The van der Waals surface area contributed by atoms with Crippen molar-refractivity contribution in [1.29, 1.82) is 0 Å². The fraction of sp³-hybridized carbons (Fsp3) is 0.917. The minimum absolute atomic E-state index is 0.209. The standard InChI is InChI=1S/C12H26N4O/c1-10(9-17-3)15-12(13)14-8-11-4-6-16(2)7-5-11/h10-11H,4-9H2,1-3H3,(H3,13,14,15). The van der Waals surface area contributed by atoms with Crippen LogP contribution in [0.25, 0.3) is 0 Å². The zero-order chi connectivity index (χ0) is 12.7. The van der Waals surface area contributed by atoms with Crippen molar-refractivity contribution < 1.29 is 4.74 Å². The third kappa shape index (κ3) is 5.89. The summed E-state index contributed by atoms with van der Waals surface area (Å²) in [6.07, 6.45) is 2.45. The highest BCUT2D eigenvalue weighted by atomic mass is 16.5. The molecule has 0 spiro atoms. The second kappa shape index (κ2) is 7.50. The van der Waals surface area contributed by atoms with Gasteiger partial charge in [0.2, 0.25) is 0 Å². The van der Waals surface area contributed by atoms with Gasteiger partial charge in [-0.25, -0.2) is 0 Å². The van der Waals surface area contributed by atoms with E-state index in [4.69, 9.17) is 10.5 Å². The van der Waals surface area contributed by atoms with E-state index in [1.54, 1.807) is 7.11 Å². The summed E-state index contributed by atoms with van der Waals surface area (Å²) >= 11 is 0. The Morgan fingerprint density at radius 2 is 2.18 bits per heavy atom. The van der Waals surface area contributed by atoms with Gasteiger partial charge in [-0.05, 0) is 45.8 Å². The van der Waals surface area contributed by atoms with Crippen LogP contribution >= 0.6 is 0 Å². The lowest BCUT2D eigenvalue weighted by Crippen LogP contribution is -2.41. The van der Waals surface area contributed by atoms with Crippen molar-refractivity contribution in [1.82, 2.24) is 10.2 Å². The molecule has 1 heterocycles. The first kappa shape index (κ1) is 14.3. The lowest BCUT2D eigenvalue weighted by atomic mass is 9.97. The predicted octanol–water partition coefficient (Wildman–Crippen LogP) is 0.267. The van der Waals surface area contributed by atoms with Gasteiger partial charge in [-0.2, -0.15) is 0 Å². The number of aliphatic imine (C=N–C) groups is 1. The number of nitrogens with zero attached hydrogens (tertiary/aromatic N) is 2. The molecule has 0 aromatic rings. The maximum absolute atomic E-state index is 5.82. The van der Waals surface area contributed by atoms with E-state index in [0.717, 1.165) is 6.54 Å². The Bertz CT molecular complexity index is 237. The first-order valence-corrected chi connectivity index (χ1v) is 6.35. The zero-order valence-electron chi connectivity index (χ0n) is 11.3. The van der Waals surface area contributed by atoms with Gasteiger partial charge in [0, 0.05) is 19.7 Å². The molecule has 0 radical (unpaired) electrons. The molecule has 0 saturated carbocycles. The van der Waals surface area contributed by atoms with Crippen molar-refractivity contribution in [3.63, 3.8) is 0 Å². The minimum Gasteiger partial charge on any atom is -0.383 e. The van der Waals surface area contributed by atoms with E-state index in [2.05, 4.69) is 22.3 Å². The van der Waals surface area contributed by atoms with Crippen molar-refractivity contribution >= 4 is 5.96 Å². The number of hydrogen-bond acceptors (Lipinski definition) is 3. The van der Waals surface area contributed by atoms with E-state index >= 15 is 0 Å². The maximum Gasteiger partial charge on any atom is 0.188 e. The van der Waals surface area contributed by atoms with Crippen LogP contribution in [-0.2, 0) is 4.74 Å². The topological polar surface area (TPSA) is 62.9 Å². The summed E-state index contributed by atoms with van der Waals surface area (Å²) in [4.78, 5) is 6.77. The number of nitrogens with one attached hydrogen (secondary N) is 1. The molecule has 1 aliphatic rings. The fourth-order valence-corrected chi connectivity index (χ4v) is 2.06. The molecule has 17 heavy (non-hydrogen) atoms. The van der Waals surface area contributed by atoms with Gasteiger partial charge in [0.25, 0.3) is 0 Å². The Morgan fingerprint density at radius 1 is 1.53 bits per heavy atom. The molecule has 1 saturated heterocycles. The molecule has 0 aliphatic carbocycles. The first-order chi connectivity index (χ1) is 8.11. The molecule has 0 aromatic carbocycles. The van der Waals surface area contributed by atoms with Gasteiger partial charge < -0.3 is 20.7 Å². The first-order valence-electron chi connectivity index (χ1n) is 6.35. The lowest BCUT2D eigenvalue weighted by molar-refractivity contribution is 0.179. The summed E-state index contributed by atoms with van der Waals surface area (Å²) in [6, 6.07) is 0.209. The van der Waals surface area contributed by atoms with Crippen molar-refractivity contribution in [2.24, 2.45) is 16.6 Å². The average molecular weight is 242 g/mol. The van der Waals surface area contributed by atoms with Crippen LogP contribution in [-0.4, -0.2) is 57.3 Å². The molecule has 1 atom stereocenters. The predicted molar refractivity (Wildman–Crippen MR) is 71.2 cm³/mol. The summed E-state index contributed by atoms with van der Waals surface area (Å²) in [5.41, 5.74) is 5.82. The lowest BCUT2D eigenvalue weighted by Gasteiger charge is -2.27. The molecule has 3 N–H and O–H groups in total. The summed E-state index contributed by atoms with van der Waals surface area (Å²) in [7, 11) is 3.85. The minimum atomic E-state index is 0.209. The Hall–Kier alpha value is -0.810. The van der Waals surface area contributed by atoms with Crippen LogP contribution in [0.4, 0.5) is 0 Å². The van der Waals surface area contributed by atoms with Gasteiger partial charge in [0.1, 0.15) is 0 Å². The highest BCUT2D eigenvalue weighted by Crippen LogP contribution is 2.15. The third-order valence-electron chi connectivity index (χ3n) is 3.17. The van der Waals surface area contributed by atoms with Crippen LogP contribution < -0.4 is 11.1 Å². The molecule has 1 aliphatic heterocycles. The van der Waals surface area contributed by atoms with Crippen molar-refractivity contribution in [2.75, 3.05) is 40.4 Å². The van der Waals surface area contributed by atoms with E-state index < -0.39 is 0 Å². The van der Waals surface area contributed by atoms with Crippen LogP contribution in [0.15, 0.2) is 4.99 Å². The average Bonchev–Trinajstić information content (AvgIpc) is 2.28. The monoisotopic (exact) mass is 242 g/mol. The number of piperidine rings is 1. The van der Waals surface area contributed by atoms with Gasteiger partial charge in [-0.15, -0.1) is 0 Å². The van der Waals surface area contributed by atoms with Crippen LogP contribution in [0.1, 0.15) is 19.8 Å². The largest absolute Gasteiger partial charge is 0.383 e. The molecule has 1 unspecified atom stereocenters. The molecular weight excluding hydrogens is 216 g/mol. The molecule has 0 amide bonds. The summed E-state index contributed by atoms with van der Waals surface area (Å²) in [5, 5.41) is 3.12. The van der Waals surface area contributed by atoms with Crippen molar-refractivity contribution in [3.05, 3.63) is 0 Å². The quantitative estimate of drug-likeness (QED) is 0.536. The molecular formula is C12H26N4O. The Balaban J connectivity index is 2.22. The van der Waals surface area contributed by atoms with Crippen LogP contribution in [0.5, 0.6) is 0 Å². The number of nitrogens with two attached hydrogens (primary N) is 1. The fourth-order valence-electron chi connectivity index (χ4n) is 2.06. The SMILES string of the molecule is COCC(C)NC(N)=NCC1CCN(C)CC1. The molecule has 5 nitrogen and oxygen atoms in total. The summed E-state index contributed by atoms with van der Waals surface area (Å²) in [5.74, 6) is 1.22. The third-order valence-corrected chi connectivity index (χ3v) is 3.17. The van der Waals surface area contributed by atoms with E-state index in [-0.39, 0.29) is 6.04 Å². The van der Waals surface area contributed by atoms with Gasteiger partial charge in [0.15, 0.2) is 5.96 Å². The van der Waals surface area contributed by atoms with Crippen molar-refractivity contribution in [3.8, 4) is 0 Å². The second-order valence-corrected chi connectivity index (χ2v) is 4.97. The van der Waals surface area contributed by atoms with Crippen LogP contribution in [0.2, 0.25) is 0 Å². The Labute approximate surface area is 104 Å². The number of hydrogen-bond donors (Lipinski definition) is 2. The van der Waals surface area contributed by atoms with E-state index in [0.29, 0.717) is 18.5 Å². The normalized spacial score (nSPS) is 21.5. The highest BCUT2D eigenvalue weighted by Gasteiger charge is 2.16. The Morgan fingerprint density at radius 3 is 2.76 bits per heavy atom. The molecule has 100 valence electrons. The van der Waals surface area contributed by atoms with Crippen LogP contribution in [0, 0.1) is 5.92 Å². The van der Waals surface area contributed by atoms with Gasteiger partial charge in [-0.1, -0.05) is 0 Å². The van der Waals surface area contributed by atoms with Gasteiger partial charge >= 0.3 is 0 Å². The number of likely N-dealkylation sites (tertiary alicyclic amines) is 1. The van der Waals surface area contributed by atoms with Gasteiger partial charge in [0.05, 0.1) is 6.61 Å². The molecule has 1 rings (SSSR count). The van der Waals surface area contributed by atoms with E-state index in [9.17, 15) is 0 Å². The summed E-state index contributed by atoms with van der Waals surface area (Å²) < 4.78 is 5.03. The summed E-state index contributed by atoms with van der Waals surface area (Å²) in [6.45, 7) is 5.86. The highest BCUT2D eigenvalue weighted by molar-refractivity contribution is 5.78.